The normalized spacial score (nSPS) is 10.0. The minimum Gasteiger partial charge on any atom is -0.493 e. The molecule has 0 atom stereocenters. The van der Waals surface area contributed by atoms with Crippen molar-refractivity contribution in [2.24, 2.45) is 0 Å². The highest BCUT2D eigenvalue weighted by atomic mass is 16.6. The molecule has 0 spiro atoms. The molecule has 7 heteroatoms. The Morgan fingerprint density at radius 3 is 2.00 bits per heavy atom. The lowest BCUT2D eigenvalue weighted by molar-refractivity contribution is -0.384. The number of nitrogens with zero attached hydrogens (tertiary/aromatic N) is 2. The number of hydrogen-bond acceptors (Lipinski definition) is 6. The molecule has 3 aromatic rings. The first-order valence-electron chi connectivity index (χ1n) is 8.74. The standard InChI is InChI=1S/C22H16N2O5/c23-15-16-1-3-17(4-2-16)18-5-9-21(10-6-18)29-22(25)13-14-28-20-11-7-19(8-12-20)24(26)27/h1-12H,13-14H2. The maximum absolute atomic E-state index is 11.9. The minimum atomic E-state index is -0.492. The van der Waals surface area contributed by atoms with Crippen LogP contribution in [0.3, 0.4) is 0 Å². The van der Waals surface area contributed by atoms with Crippen LogP contribution in [0.5, 0.6) is 11.5 Å². The molecule has 0 aliphatic rings. The fraction of sp³-hybridized carbons (Fsp3) is 0.0909. The topological polar surface area (TPSA) is 102 Å². The van der Waals surface area contributed by atoms with Gasteiger partial charge in [0.05, 0.1) is 29.6 Å². The fourth-order valence-corrected chi connectivity index (χ4v) is 2.55. The fourth-order valence-electron chi connectivity index (χ4n) is 2.55. The molecule has 0 aliphatic heterocycles. The van der Waals surface area contributed by atoms with Gasteiger partial charge in [-0.15, -0.1) is 0 Å². The van der Waals surface area contributed by atoms with Crippen LogP contribution < -0.4 is 9.47 Å². The molecule has 0 saturated carbocycles. The van der Waals surface area contributed by atoms with Crippen molar-refractivity contribution in [3.8, 4) is 28.7 Å². The number of carbonyl (C=O) groups is 1. The first-order valence-corrected chi connectivity index (χ1v) is 8.74. The van der Waals surface area contributed by atoms with Gasteiger partial charge in [-0.1, -0.05) is 24.3 Å². The first kappa shape index (κ1) is 19.6. The van der Waals surface area contributed by atoms with Crippen molar-refractivity contribution in [3.63, 3.8) is 0 Å². The Kier molecular flexibility index (Phi) is 6.18. The number of benzene rings is 3. The number of non-ortho nitro benzene ring substituents is 1. The third-order valence-electron chi connectivity index (χ3n) is 4.06. The van der Waals surface area contributed by atoms with E-state index >= 15 is 0 Å². The smallest absolute Gasteiger partial charge is 0.314 e. The molecule has 144 valence electrons. The minimum absolute atomic E-state index is 0.0267. The van der Waals surface area contributed by atoms with Crippen molar-refractivity contribution < 1.29 is 19.2 Å². The van der Waals surface area contributed by atoms with E-state index in [9.17, 15) is 14.9 Å². The molecule has 0 aliphatic carbocycles. The van der Waals surface area contributed by atoms with Gasteiger partial charge in [-0.3, -0.25) is 14.9 Å². The zero-order valence-corrected chi connectivity index (χ0v) is 15.3. The highest BCUT2D eigenvalue weighted by molar-refractivity contribution is 5.73. The quantitative estimate of drug-likeness (QED) is 0.255. The second kappa shape index (κ2) is 9.15. The number of carbonyl (C=O) groups excluding carboxylic acids is 1. The predicted octanol–water partition coefficient (Wildman–Crippen LogP) is 4.51. The Morgan fingerprint density at radius 1 is 0.897 bits per heavy atom. The van der Waals surface area contributed by atoms with E-state index in [4.69, 9.17) is 14.7 Å². The van der Waals surface area contributed by atoms with Gasteiger partial charge in [0, 0.05) is 12.1 Å². The molecule has 0 fully saturated rings. The Hall–Kier alpha value is -4.18. The first-order chi connectivity index (χ1) is 14.0. The molecule has 0 unspecified atom stereocenters. The third kappa shape index (κ3) is 5.40. The summed E-state index contributed by atoms with van der Waals surface area (Å²) in [4.78, 5) is 22.1. The lowest BCUT2D eigenvalue weighted by atomic mass is 10.0. The van der Waals surface area contributed by atoms with Crippen LogP contribution in [0, 0.1) is 21.4 Å². The second-order valence-electron chi connectivity index (χ2n) is 6.04. The molecule has 7 nitrogen and oxygen atoms in total. The number of hydrogen-bond donors (Lipinski definition) is 0. The summed E-state index contributed by atoms with van der Waals surface area (Å²) < 4.78 is 10.7. The van der Waals surface area contributed by atoms with Crippen LogP contribution in [0.15, 0.2) is 72.8 Å². The van der Waals surface area contributed by atoms with Crippen molar-refractivity contribution in [2.75, 3.05) is 6.61 Å². The van der Waals surface area contributed by atoms with E-state index < -0.39 is 10.9 Å². The van der Waals surface area contributed by atoms with Gasteiger partial charge < -0.3 is 9.47 Å². The average molecular weight is 388 g/mol. The van der Waals surface area contributed by atoms with Crippen molar-refractivity contribution in [2.45, 2.75) is 6.42 Å². The summed E-state index contributed by atoms with van der Waals surface area (Å²) >= 11 is 0. The Balaban J connectivity index is 1.48. The van der Waals surface area contributed by atoms with Gasteiger partial charge in [-0.25, -0.2) is 0 Å². The van der Waals surface area contributed by atoms with Crippen LogP contribution in [-0.2, 0) is 4.79 Å². The summed E-state index contributed by atoms with van der Waals surface area (Å²) in [7, 11) is 0. The summed E-state index contributed by atoms with van der Waals surface area (Å²) in [5.41, 5.74) is 2.46. The lowest BCUT2D eigenvalue weighted by Crippen LogP contribution is -2.12. The van der Waals surface area contributed by atoms with Gasteiger partial charge >= 0.3 is 5.97 Å². The van der Waals surface area contributed by atoms with Crippen LogP contribution in [0.1, 0.15) is 12.0 Å². The Morgan fingerprint density at radius 2 is 1.45 bits per heavy atom. The molecule has 0 bridgehead atoms. The number of nitriles is 1. The summed E-state index contributed by atoms with van der Waals surface area (Å²) in [6, 6.07) is 22.0. The Labute approximate surface area is 166 Å². The molecule has 0 heterocycles. The van der Waals surface area contributed by atoms with Gasteiger partial charge in [0.15, 0.2) is 0 Å². The van der Waals surface area contributed by atoms with Crippen molar-refractivity contribution in [1.82, 2.24) is 0 Å². The van der Waals surface area contributed by atoms with Crippen LogP contribution in [-0.4, -0.2) is 17.5 Å². The molecule has 29 heavy (non-hydrogen) atoms. The Bertz CT molecular complexity index is 1040. The maximum atomic E-state index is 11.9. The highest BCUT2D eigenvalue weighted by Gasteiger charge is 2.08. The van der Waals surface area contributed by atoms with E-state index in [1.54, 1.807) is 24.3 Å². The van der Waals surface area contributed by atoms with Crippen molar-refractivity contribution >= 4 is 11.7 Å². The zero-order chi connectivity index (χ0) is 20.6. The predicted molar refractivity (Wildman–Crippen MR) is 105 cm³/mol. The molecular formula is C22H16N2O5. The summed E-state index contributed by atoms with van der Waals surface area (Å²) in [6.45, 7) is 0.0972. The summed E-state index contributed by atoms with van der Waals surface area (Å²) in [5.74, 6) is 0.413. The van der Waals surface area contributed by atoms with E-state index in [0.717, 1.165) is 11.1 Å². The molecule has 0 amide bonds. The third-order valence-corrected chi connectivity index (χ3v) is 4.06. The highest BCUT2D eigenvalue weighted by Crippen LogP contribution is 2.23. The van der Waals surface area contributed by atoms with E-state index in [2.05, 4.69) is 6.07 Å². The van der Waals surface area contributed by atoms with Gasteiger partial charge in [0.2, 0.25) is 0 Å². The summed E-state index contributed by atoms with van der Waals surface area (Å²) in [5, 5.41) is 19.5. The molecular weight excluding hydrogens is 372 g/mol. The van der Waals surface area contributed by atoms with Gasteiger partial charge in [-0.05, 0) is 47.5 Å². The number of esters is 1. The van der Waals surface area contributed by atoms with Crippen molar-refractivity contribution in [3.05, 3.63) is 88.5 Å². The number of nitro benzene ring substituents is 1. The maximum Gasteiger partial charge on any atom is 0.314 e. The monoisotopic (exact) mass is 388 g/mol. The van der Waals surface area contributed by atoms with Gasteiger partial charge in [0.25, 0.3) is 5.69 Å². The van der Waals surface area contributed by atoms with Crippen LogP contribution >= 0.6 is 0 Å². The van der Waals surface area contributed by atoms with E-state index in [-0.39, 0.29) is 18.7 Å². The zero-order valence-electron chi connectivity index (χ0n) is 15.3. The van der Waals surface area contributed by atoms with E-state index in [1.807, 2.05) is 24.3 Å². The van der Waals surface area contributed by atoms with E-state index in [1.165, 1.54) is 24.3 Å². The molecule has 0 radical (unpaired) electrons. The van der Waals surface area contributed by atoms with Gasteiger partial charge in [0.1, 0.15) is 11.5 Å². The molecule has 0 saturated heterocycles. The SMILES string of the molecule is N#Cc1ccc(-c2ccc(OC(=O)CCOc3ccc([N+](=O)[O-])cc3)cc2)cc1. The number of nitro groups is 1. The van der Waals surface area contributed by atoms with Crippen molar-refractivity contribution in [1.29, 1.82) is 5.26 Å². The van der Waals surface area contributed by atoms with Crippen LogP contribution in [0.4, 0.5) is 5.69 Å². The van der Waals surface area contributed by atoms with E-state index in [0.29, 0.717) is 17.1 Å². The largest absolute Gasteiger partial charge is 0.493 e. The molecule has 0 N–H and O–H groups in total. The van der Waals surface area contributed by atoms with Crippen LogP contribution in [0.25, 0.3) is 11.1 Å². The lowest BCUT2D eigenvalue weighted by Gasteiger charge is -2.08. The molecule has 3 rings (SSSR count). The second-order valence-corrected chi connectivity index (χ2v) is 6.04. The molecule has 0 aromatic heterocycles. The number of ether oxygens (including phenoxy) is 2. The summed E-state index contributed by atoms with van der Waals surface area (Å²) in [6.07, 6.45) is 0.0361. The van der Waals surface area contributed by atoms with Gasteiger partial charge in [-0.2, -0.15) is 5.26 Å². The van der Waals surface area contributed by atoms with Crippen LogP contribution in [0.2, 0.25) is 0 Å². The average Bonchev–Trinajstić information content (AvgIpc) is 2.75. The number of rotatable bonds is 7. The molecule has 3 aromatic carbocycles.